The van der Waals surface area contributed by atoms with Crippen molar-refractivity contribution in [2.24, 2.45) is 11.3 Å². The highest BCUT2D eigenvalue weighted by Gasteiger charge is 2.35. The Kier molecular flexibility index (Phi) is 5.85. The predicted molar refractivity (Wildman–Crippen MR) is 82.9 cm³/mol. The van der Waals surface area contributed by atoms with Crippen LogP contribution in [0.5, 0.6) is 0 Å². The molecule has 0 amide bonds. The van der Waals surface area contributed by atoms with Crippen LogP contribution in [-0.4, -0.2) is 53.3 Å². The van der Waals surface area contributed by atoms with Crippen LogP contribution in [0, 0.1) is 11.3 Å². The van der Waals surface area contributed by atoms with Gasteiger partial charge in [-0.1, -0.05) is 26.7 Å². The third-order valence-corrected chi connectivity index (χ3v) is 5.82. The molecule has 1 aliphatic carbocycles. The molecule has 4 heteroatoms. The fourth-order valence-corrected chi connectivity index (χ4v) is 4.58. The Balaban J connectivity index is 1.82. The number of hydrogen-bond donors (Lipinski definition) is 1. The second-order valence-electron chi connectivity index (χ2n) is 6.86. The molecule has 19 heavy (non-hydrogen) atoms. The SMILES string of the molecule is CC(C)CNCC1(CN2CCS(=O)CC2)CCCC1. The molecule has 112 valence electrons. The molecule has 3 nitrogen and oxygen atoms in total. The van der Waals surface area contributed by atoms with E-state index in [1.54, 1.807) is 0 Å². The highest BCUT2D eigenvalue weighted by atomic mass is 32.2. The minimum absolute atomic E-state index is 0.494. The Labute approximate surface area is 121 Å². The zero-order valence-corrected chi connectivity index (χ0v) is 13.4. The van der Waals surface area contributed by atoms with Crippen LogP contribution >= 0.6 is 0 Å². The molecule has 0 aromatic rings. The molecule has 0 spiro atoms. The van der Waals surface area contributed by atoms with E-state index in [1.807, 2.05) is 0 Å². The summed E-state index contributed by atoms with van der Waals surface area (Å²) in [5.41, 5.74) is 0.494. The highest BCUT2D eigenvalue weighted by molar-refractivity contribution is 7.85. The molecule has 0 unspecified atom stereocenters. The lowest BCUT2D eigenvalue weighted by atomic mass is 9.85. The molecule has 1 N–H and O–H groups in total. The minimum atomic E-state index is -0.546. The van der Waals surface area contributed by atoms with Crippen LogP contribution in [0.15, 0.2) is 0 Å². The van der Waals surface area contributed by atoms with Gasteiger partial charge in [-0.3, -0.25) is 4.21 Å². The minimum Gasteiger partial charge on any atom is -0.316 e. The van der Waals surface area contributed by atoms with Gasteiger partial charge < -0.3 is 10.2 Å². The Morgan fingerprint density at radius 2 is 1.84 bits per heavy atom. The molecule has 1 heterocycles. The molecule has 0 atom stereocenters. The lowest BCUT2D eigenvalue weighted by molar-refractivity contribution is 0.157. The molecule has 0 aromatic heterocycles. The summed E-state index contributed by atoms with van der Waals surface area (Å²) < 4.78 is 11.4. The van der Waals surface area contributed by atoms with Crippen LogP contribution in [0.4, 0.5) is 0 Å². The molecular formula is C15H30N2OS. The molecule has 2 aliphatic rings. The largest absolute Gasteiger partial charge is 0.316 e. The Morgan fingerprint density at radius 3 is 2.42 bits per heavy atom. The topological polar surface area (TPSA) is 32.3 Å². The van der Waals surface area contributed by atoms with Gasteiger partial charge in [0.2, 0.25) is 0 Å². The van der Waals surface area contributed by atoms with Crippen molar-refractivity contribution < 1.29 is 4.21 Å². The average Bonchev–Trinajstić information content (AvgIpc) is 2.81. The van der Waals surface area contributed by atoms with Gasteiger partial charge in [0.1, 0.15) is 0 Å². The predicted octanol–water partition coefficient (Wildman–Crippen LogP) is 1.86. The van der Waals surface area contributed by atoms with Crippen molar-refractivity contribution >= 4 is 10.8 Å². The Hall–Kier alpha value is 0.0700. The van der Waals surface area contributed by atoms with Crippen LogP contribution in [0.1, 0.15) is 39.5 Å². The first-order valence-corrected chi connectivity index (χ1v) is 9.37. The Morgan fingerprint density at radius 1 is 1.21 bits per heavy atom. The molecule has 2 fully saturated rings. The van der Waals surface area contributed by atoms with Crippen LogP contribution in [0.2, 0.25) is 0 Å². The van der Waals surface area contributed by atoms with Crippen LogP contribution < -0.4 is 5.32 Å². The lowest BCUT2D eigenvalue weighted by Gasteiger charge is -2.37. The molecule has 0 bridgehead atoms. The summed E-state index contributed by atoms with van der Waals surface area (Å²) in [5, 5.41) is 3.68. The van der Waals surface area contributed by atoms with Crippen molar-refractivity contribution in [3.8, 4) is 0 Å². The maximum absolute atomic E-state index is 11.4. The highest BCUT2D eigenvalue weighted by Crippen LogP contribution is 2.38. The first-order valence-electron chi connectivity index (χ1n) is 7.88. The van der Waals surface area contributed by atoms with Gasteiger partial charge in [-0.2, -0.15) is 0 Å². The molecule has 2 rings (SSSR count). The summed E-state index contributed by atoms with van der Waals surface area (Å²) in [5.74, 6) is 2.50. The van der Waals surface area contributed by atoms with E-state index in [0.717, 1.165) is 37.1 Å². The molecule has 1 saturated carbocycles. The van der Waals surface area contributed by atoms with E-state index in [2.05, 4.69) is 24.1 Å². The lowest BCUT2D eigenvalue weighted by Crippen LogP contribution is -2.47. The van der Waals surface area contributed by atoms with Gasteiger partial charge in [-0.05, 0) is 30.7 Å². The van der Waals surface area contributed by atoms with Gasteiger partial charge in [0.25, 0.3) is 0 Å². The van der Waals surface area contributed by atoms with Crippen molar-refractivity contribution in [3.63, 3.8) is 0 Å². The zero-order chi connectivity index (χ0) is 13.7. The van der Waals surface area contributed by atoms with Crippen molar-refractivity contribution in [2.45, 2.75) is 39.5 Å². The summed E-state index contributed by atoms with van der Waals surface area (Å²) in [6.45, 7) is 10.1. The molecule has 1 saturated heterocycles. The summed E-state index contributed by atoms with van der Waals surface area (Å²) in [6, 6.07) is 0. The number of nitrogens with one attached hydrogen (secondary N) is 1. The third kappa shape index (κ3) is 4.83. The monoisotopic (exact) mass is 286 g/mol. The van der Waals surface area contributed by atoms with Crippen LogP contribution in [0.25, 0.3) is 0 Å². The number of nitrogens with zero attached hydrogens (tertiary/aromatic N) is 1. The summed E-state index contributed by atoms with van der Waals surface area (Å²) in [6.07, 6.45) is 5.53. The standard InChI is InChI=1S/C15H30N2OS/c1-14(2)11-16-12-15(5-3-4-6-15)13-17-7-9-19(18)10-8-17/h14,16H,3-13H2,1-2H3. The van der Waals surface area contributed by atoms with Gasteiger partial charge in [-0.15, -0.1) is 0 Å². The van der Waals surface area contributed by atoms with Gasteiger partial charge in [-0.25, -0.2) is 0 Å². The van der Waals surface area contributed by atoms with E-state index in [-0.39, 0.29) is 0 Å². The van der Waals surface area contributed by atoms with Gasteiger partial charge in [0.15, 0.2) is 0 Å². The second kappa shape index (κ2) is 7.19. The summed E-state index contributed by atoms with van der Waals surface area (Å²) in [4.78, 5) is 2.56. The average molecular weight is 286 g/mol. The van der Waals surface area contributed by atoms with Crippen LogP contribution in [0.3, 0.4) is 0 Å². The van der Waals surface area contributed by atoms with Gasteiger partial charge >= 0.3 is 0 Å². The van der Waals surface area contributed by atoms with E-state index in [4.69, 9.17) is 0 Å². The fraction of sp³-hybridized carbons (Fsp3) is 1.00. The van der Waals surface area contributed by atoms with E-state index in [1.165, 1.54) is 38.8 Å². The maximum atomic E-state index is 11.4. The van der Waals surface area contributed by atoms with Crippen molar-refractivity contribution in [2.75, 3.05) is 44.2 Å². The van der Waals surface area contributed by atoms with Gasteiger partial charge in [0, 0.05) is 48.5 Å². The van der Waals surface area contributed by atoms with Gasteiger partial charge in [0.05, 0.1) is 0 Å². The van der Waals surface area contributed by atoms with E-state index >= 15 is 0 Å². The molecule has 0 radical (unpaired) electrons. The molecular weight excluding hydrogens is 256 g/mol. The first-order chi connectivity index (χ1) is 9.10. The quantitative estimate of drug-likeness (QED) is 0.809. The third-order valence-electron chi connectivity index (χ3n) is 4.55. The van der Waals surface area contributed by atoms with E-state index < -0.39 is 10.8 Å². The summed E-state index contributed by atoms with van der Waals surface area (Å²) >= 11 is 0. The second-order valence-corrected chi connectivity index (χ2v) is 8.55. The fourth-order valence-electron chi connectivity index (χ4n) is 3.45. The molecule has 1 aliphatic heterocycles. The summed E-state index contributed by atoms with van der Waals surface area (Å²) in [7, 11) is -0.546. The van der Waals surface area contributed by atoms with Crippen LogP contribution in [-0.2, 0) is 10.8 Å². The number of hydrogen-bond acceptors (Lipinski definition) is 3. The van der Waals surface area contributed by atoms with E-state index in [0.29, 0.717) is 5.41 Å². The maximum Gasteiger partial charge on any atom is 0.0363 e. The molecule has 0 aromatic carbocycles. The number of rotatable bonds is 6. The van der Waals surface area contributed by atoms with Crippen molar-refractivity contribution in [3.05, 3.63) is 0 Å². The Bertz CT molecular complexity index is 291. The van der Waals surface area contributed by atoms with Crippen molar-refractivity contribution in [1.82, 2.24) is 10.2 Å². The first kappa shape index (κ1) is 15.5. The van der Waals surface area contributed by atoms with Crippen molar-refractivity contribution in [1.29, 1.82) is 0 Å². The smallest absolute Gasteiger partial charge is 0.0363 e. The zero-order valence-electron chi connectivity index (χ0n) is 12.6. The van der Waals surface area contributed by atoms with E-state index in [9.17, 15) is 4.21 Å². The normalized spacial score (nSPS) is 25.2.